The van der Waals surface area contributed by atoms with Crippen LogP contribution in [0.4, 0.5) is 11.6 Å². The Morgan fingerprint density at radius 3 is 1.60 bits per heavy atom. The molecule has 148 valence electrons. The summed E-state index contributed by atoms with van der Waals surface area (Å²) in [6.07, 6.45) is 1.42. The van der Waals surface area contributed by atoms with Crippen molar-refractivity contribution in [2.75, 3.05) is 11.1 Å². The Morgan fingerprint density at radius 2 is 1.20 bits per heavy atom. The van der Waals surface area contributed by atoms with Crippen molar-refractivity contribution in [2.24, 2.45) is 0 Å². The lowest BCUT2D eigenvalue weighted by atomic mass is 9.77. The fourth-order valence-corrected chi connectivity index (χ4v) is 4.20. The van der Waals surface area contributed by atoms with E-state index in [0.717, 1.165) is 16.7 Å². The van der Waals surface area contributed by atoms with Crippen molar-refractivity contribution >= 4 is 37.9 Å². The van der Waals surface area contributed by atoms with Gasteiger partial charge in [0.05, 0.1) is 5.56 Å². The summed E-state index contributed by atoms with van der Waals surface area (Å²) in [7, 11) is 0. The van der Waals surface area contributed by atoms with Crippen LogP contribution in [0.25, 0.3) is 0 Å². The van der Waals surface area contributed by atoms with E-state index >= 15 is 0 Å². The van der Waals surface area contributed by atoms with Crippen molar-refractivity contribution in [2.45, 2.75) is 5.54 Å². The molecule has 0 aliphatic heterocycles. The number of benzene rings is 3. The van der Waals surface area contributed by atoms with Gasteiger partial charge in [0, 0.05) is 0 Å². The van der Waals surface area contributed by atoms with Gasteiger partial charge in [-0.15, -0.1) is 0 Å². The van der Waals surface area contributed by atoms with Crippen molar-refractivity contribution in [3.63, 3.8) is 0 Å². The maximum absolute atomic E-state index is 8.23. The van der Waals surface area contributed by atoms with E-state index in [9.17, 15) is 0 Å². The van der Waals surface area contributed by atoms with Crippen molar-refractivity contribution < 1.29 is 0 Å². The van der Waals surface area contributed by atoms with Gasteiger partial charge in [0.1, 0.15) is 27.2 Å². The summed E-state index contributed by atoms with van der Waals surface area (Å²) in [6, 6.07) is 30.7. The highest BCUT2D eigenvalue weighted by Crippen LogP contribution is 2.40. The number of aromatic nitrogens is 2. The molecule has 0 radical (unpaired) electrons. The second-order valence-electron chi connectivity index (χ2n) is 6.77. The van der Waals surface area contributed by atoms with Gasteiger partial charge in [0.15, 0.2) is 0 Å². The summed E-state index contributed by atoms with van der Waals surface area (Å²) < 4.78 is 0.274. The third-order valence-electron chi connectivity index (χ3n) is 5.02. The van der Waals surface area contributed by atoms with Crippen LogP contribution >= 0.6 is 22.6 Å². The Balaban J connectivity index is 2.04. The first-order chi connectivity index (χ1) is 14.6. The maximum atomic E-state index is 8.23. The zero-order chi connectivity index (χ0) is 21.0. The Kier molecular flexibility index (Phi) is 5.76. The standard InChI is InChI=1S/C24H20IN5/c25-21(26)20-22(27)28-16-29-23(20)30-24(17-10-4-1-5-11-17,18-12-6-2-7-13-18)19-14-8-3-9-15-19/h1-16,26H,(H3,27,28,29,30). The van der Waals surface area contributed by atoms with Gasteiger partial charge in [0.2, 0.25) is 0 Å². The molecule has 4 rings (SSSR count). The van der Waals surface area contributed by atoms with E-state index in [1.807, 2.05) is 77.2 Å². The fraction of sp³-hybridized carbons (Fsp3) is 0.0417. The van der Waals surface area contributed by atoms with Gasteiger partial charge in [-0.2, -0.15) is 0 Å². The molecular formula is C24H20IN5. The summed E-state index contributed by atoms with van der Waals surface area (Å²) in [6.45, 7) is 0. The number of nitrogens with one attached hydrogen (secondary N) is 2. The molecule has 0 saturated carbocycles. The lowest BCUT2D eigenvalue weighted by Gasteiger charge is -2.37. The molecule has 0 atom stereocenters. The summed E-state index contributed by atoms with van der Waals surface area (Å²) in [4.78, 5) is 8.56. The highest BCUT2D eigenvalue weighted by molar-refractivity contribution is 14.1. The van der Waals surface area contributed by atoms with E-state index in [4.69, 9.17) is 11.1 Å². The molecule has 0 aliphatic carbocycles. The average molecular weight is 505 g/mol. The highest BCUT2D eigenvalue weighted by Gasteiger charge is 2.37. The molecule has 4 N–H and O–H groups in total. The second kappa shape index (κ2) is 8.62. The van der Waals surface area contributed by atoms with Crippen molar-refractivity contribution in [1.29, 1.82) is 5.41 Å². The second-order valence-corrected chi connectivity index (χ2v) is 7.85. The molecule has 0 fully saturated rings. The Morgan fingerprint density at radius 1 is 0.767 bits per heavy atom. The molecule has 3 aromatic carbocycles. The molecule has 0 unspecified atom stereocenters. The molecule has 0 aliphatic rings. The molecule has 0 amide bonds. The van der Waals surface area contributed by atoms with Crippen molar-refractivity contribution in [3.05, 3.63) is 120 Å². The predicted molar refractivity (Wildman–Crippen MR) is 130 cm³/mol. The van der Waals surface area contributed by atoms with Crippen LogP contribution in [-0.4, -0.2) is 13.7 Å². The van der Waals surface area contributed by atoms with E-state index in [-0.39, 0.29) is 9.54 Å². The molecule has 6 heteroatoms. The van der Waals surface area contributed by atoms with E-state index in [2.05, 4.69) is 51.7 Å². The van der Waals surface area contributed by atoms with Crippen LogP contribution in [0.5, 0.6) is 0 Å². The minimum atomic E-state index is -0.745. The Hall–Kier alpha value is -3.26. The van der Waals surface area contributed by atoms with E-state index in [0.29, 0.717) is 11.4 Å². The van der Waals surface area contributed by atoms with Gasteiger partial charge < -0.3 is 11.1 Å². The number of anilines is 2. The Labute approximate surface area is 189 Å². The number of rotatable bonds is 6. The number of hydrogen-bond acceptors (Lipinski definition) is 5. The van der Waals surface area contributed by atoms with E-state index < -0.39 is 5.54 Å². The molecule has 0 saturated heterocycles. The van der Waals surface area contributed by atoms with Crippen LogP contribution < -0.4 is 11.1 Å². The number of hydrogen-bond donors (Lipinski definition) is 3. The monoisotopic (exact) mass is 505 g/mol. The normalized spacial score (nSPS) is 11.1. The van der Waals surface area contributed by atoms with Crippen LogP contribution in [0.15, 0.2) is 97.3 Å². The molecule has 4 aromatic rings. The fourth-order valence-electron chi connectivity index (χ4n) is 3.67. The molecule has 0 spiro atoms. The molecule has 0 bridgehead atoms. The minimum absolute atomic E-state index is 0.273. The van der Waals surface area contributed by atoms with Gasteiger partial charge >= 0.3 is 0 Å². The lowest BCUT2D eigenvalue weighted by Crippen LogP contribution is -2.39. The van der Waals surface area contributed by atoms with Crippen molar-refractivity contribution in [1.82, 2.24) is 9.97 Å². The summed E-state index contributed by atoms with van der Waals surface area (Å²) in [5.41, 5.74) is 9.01. The first-order valence-corrected chi connectivity index (χ1v) is 10.5. The van der Waals surface area contributed by atoms with E-state index in [1.165, 1.54) is 6.33 Å². The van der Waals surface area contributed by atoms with Gasteiger partial charge in [-0.3, -0.25) is 5.41 Å². The van der Waals surface area contributed by atoms with Gasteiger partial charge in [-0.05, 0) is 39.3 Å². The number of nitrogen functional groups attached to an aromatic ring is 1. The summed E-state index contributed by atoms with van der Waals surface area (Å²) in [5, 5.41) is 11.9. The largest absolute Gasteiger partial charge is 0.383 e. The molecular weight excluding hydrogens is 485 g/mol. The predicted octanol–water partition coefficient (Wildman–Crippen LogP) is 5.22. The van der Waals surface area contributed by atoms with Crippen LogP contribution in [-0.2, 0) is 5.54 Å². The maximum Gasteiger partial charge on any atom is 0.142 e. The third-order valence-corrected chi connectivity index (χ3v) is 5.56. The molecule has 1 aromatic heterocycles. The average Bonchev–Trinajstić information content (AvgIpc) is 2.79. The molecule has 5 nitrogen and oxygen atoms in total. The first kappa shape index (κ1) is 20.0. The first-order valence-electron chi connectivity index (χ1n) is 9.42. The van der Waals surface area contributed by atoms with E-state index in [1.54, 1.807) is 0 Å². The van der Waals surface area contributed by atoms with Crippen LogP contribution in [0.1, 0.15) is 22.3 Å². The molecule has 30 heavy (non-hydrogen) atoms. The number of halogens is 1. The quantitative estimate of drug-likeness (QED) is 0.191. The minimum Gasteiger partial charge on any atom is -0.383 e. The zero-order valence-corrected chi connectivity index (χ0v) is 18.2. The zero-order valence-electron chi connectivity index (χ0n) is 16.1. The summed E-state index contributed by atoms with van der Waals surface area (Å²) in [5.74, 6) is 0.786. The smallest absolute Gasteiger partial charge is 0.142 e. The van der Waals surface area contributed by atoms with Gasteiger partial charge in [-0.1, -0.05) is 91.0 Å². The Bertz CT molecular complexity index is 1050. The van der Waals surface area contributed by atoms with Gasteiger partial charge in [0.25, 0.3) is 0 Å². The summed E-state index contributed by atoms with van der Waals surface area (Å²) >= 11 is 1.94. The van der Waals surface area contributed by atoms with Crippen LogP contribution in [0.3, 0.4) is 0 Å². The SMILES string of the molecule is N=C(I)c1c(N)ncnc1NC(c1ccccc1)(c1ccccc1)c1ccccc1. The highest BCUT2D eigenvalue weighted by atomic mass is 127. The van der Waals surface area contributed by atoms with Gasteiger partial charge in [-0.25, -0.2) is 9.97 Å². The third kappa shape index (κ3) is 3.66. The molecule has 1 heterocycles. The van der Waals surface area contributed by atoms with Crippen molar-refractivity contribution in [3.8, 4) is 0 Å². The lowest BCUT2D eigenvalue weighted by molar-refractivity contribution is 0.706. The topological polar surface area (TPSA) is 87.7 Å². The van der Waals surface area contributed by atoms with Crippen LogP contribution in [0.2, 0.25) is 0 Å². The number of nitrogens with zero attached hydrogens (tertiary/aromatic N) is 2. The van der Waals surface area contributed by atoms with Crippen LogP contribution in [0, 0.1) is 5.41 Å². The number of nitrogens with two attached hydrogens (primary N) is 1.